The zero-order valence-corrected chi connectivity index (χ0v) is 12.4. The van der Waals surface area contributed by atoms with Gasteiger partial charge in [0.15, 0.2) is 5.78 Å². The number of benzene rings is 2. The van der Waals surface area contributed by atoms with Crippen LogP contribution in [0.15, 0.2) is 60.2 Å². The molecule has 0 amide bonds. The minimum absolute atomic E-state index is 0.0470. The van der Waals surface area contributed by atoms with Crippen molar-refractivity contribution in [2.24, 2.45) is 0 Å². The number of non-ortho nitro benzene ring substituents is 1. The molecule has 2 aromatic rings. The SMILES string of the molecule is CC(=O)/C(=C\c1ccccc1)CCc1ccc([N+](=O)[O-])cc1. The number of nitro groups is 1. The average molecular weight is 295 g/mol. The van der Waals surface area contributed by atoms with Crippen molar-refractivity contribution in [3.8, 4) is 0 Å². The number of nitrogens with zero attached hydrogens (tertiary/aromatic N) is 1. The molecule has 112 valence electrons. The van der Waals surface area contributed by atoms with E-state index in [0.29, 0.717) is 12.8 Å². The molecule has 2 aromatic carbocycles. The van der Waals surface area contributed by atoms with Gasteiger partial charge in [0.25, 0.3) is 5.69 Å². The predicted octanol–water partition coefficient (Wildman–Crippen LogP) is 4.20. The summed E-state index contributed by atoms with van der Waals surface area (Å²) in [5, 5.41) is 10.6. The topological polar surface area (TPSA) is 60.2 Å². The zero-order chi connectivity index (χ0) is 15.9. The van der Waals surface area contributed by atoms with Crippen LogP contribution in [0.25, 0.3) is 6.08 Å². The quantitative estimate of drug-likeness (QED) is 0.456. The van der Waals surface area contributed by atoms with E-state index >= 15 is 0 Å². The minimum atomic E-state index is -0.417. The van der Waals surface area contributed by atoms with E-state index in [1.165, 1.54) is 12.1 Å². The standard InChI is InChI=1S/C18H17NO3/c1-14(20)17(13-16-5-3-2-4-6-16)10-7-15-8-11-18(12-9-15)19(21)22/h2-6,8-9,11-13H,7,10H2,1H3/b17-13-. The number of carbonyl (C=O) groups is 1. The van der Waals surface area contributed by atoms with Gasteiger partial charge in [-0.15, -0.1) is 0 Å². The van der Waals surface area contributed by atoms with Crippen LogP contribution in [-0.4, -0.2) is 10.7 Å². The van der Waals surface area contributed by atoms with Crippen LogP contribution >= 0.6 is 0 Å². The van der Waals surface area contributed by atoms with Crippen LogP contribution in [-0.2, 0) is 11.2 Å². The monoisotopic (exact) mass is 295 g/mol. The number of hydrogen-bond donors (Lipinski definition) is 0. The maximum absolute atomic E-state index is 11.8. The molecule has 0 aromatic heterocycles. The molecular weight excluding hydrogens is 278 g/mol. The van der Waals surface area contributed by atoms with Crippen LogP contribution in [0.4, 0.5) is 5.69 Å². The number of ketones is 1. The van der Waals surface area contributed by atoms with Crippen molar-refractivity contribution in [1.29, 1.82) is 0 Å². The molecular formula is C18H17NO3. The number of carbonyl (C=O) groups excluding carboxylic acids is 1. The molecule has 2 rings (SSSR count). The Labute approximate surface area is 129 Å². The smallest absolute Gasteiger partial charge is 0.269 e. The van der Waals surface area contributed by atoms with Crippen molar-refractivity contribution >= 4 is 17.5 Å². The van der Waals surface area contributed by atoms with Gasteiger partial charge in [0.2, 0.25) is 0 Å². The Kier molecular flexibility index (Phi) is 5.20. The van der Waals surface area contributed by atoms with Crippen LogP contribution in [0.1, 0.15) is 24.5 Å². The maximum atomic E-state index is 11.8. The van der Waals surface area contributed by atoms with Gasteiger partial charge < -0.3 is 0 Å². The van der Waals surface area contributed by atoms with Gasteiger partial charge in [-0.25, -0.2) is 0 Å². The lowest BCUT2D eigenvalue weighted by molar-refractivity contribution is -0.384. The zero-order valence-electron chi connectivity index (χ0n) is 12.4. The summed E-state index contributed by atoms with van der Waals surface area (Å²) in [4.78, 5) is 22.0. The molecule has 0 spiro atoms. The molecule has 4 nitrogen and oxygen atoms in total. The summed E-state index contributed by atoms with van der Waals surface area (Å²) in [5.74, 6) is 0.0470. The van der Waals surface area contributed by atoms with E-state index in [4.69, 9.17) is 0 Å². The van der Waals surface area contributed by atoms with Gasteiger partial charge in [-0.05, 0) is 42.5 Å². The van der Waals surface area contributed by atoms with E-state index < -0.39 is 4.92 Å². The maximum Gasteiger partial charge on any atom is 0.269 e. The Morgan fingerprint density at radius 3 is 2.27 bits per heavy atom. The summed E-state index contributed by atoms with van der Waals surface area (Å²) in [6.07, 6.45) is 3.19. The van der Waals surface area contributed by atoms with Gasteiger partial charge in [0, 0.05) is 12.1 Å². The molecule has 0 aliphatic heterocycles. The lowest BCUT2D eigenvalue weighted by Gasteiger charge is -2.05. The van der Waals surface area contributed by atoms with Crippen molar-refractivity contribution in [2.75, 3.05) is 0 Å². The minimum Gasteiger partial charge on any atom is -0.295 e. The lowest BCUT2D eigenvalue weighted by Crippen LogP contribution is -1.99. The molecule has 0 unspecified atom stereocenters. The van der Waals surface area contributed by atoms with Gasteiger partial charge in [-0.2, -0.15) is 0 Å². The van der Waals surface area contributed by atoms with Crippen molar-refractivity contribution in [2.45, 2.75) is 19.8 Å². The Morgan fingerprint density at radius 1 is 1.09 bits per heavy atom. The molecule has 0 aliphatic rings. The first-order valence-electron chi connectivity index (χ1n) is 7.06. The molecule has 4 heteroatoms. The summed E-state index contributed by atoms with van der Waals surface area (Å²) in [7, 11) is 0. The van der Waals surface area contributed by atoms with Crippen LogP contribution < -0.4 is 0 Å². The van der Waals surface area contributed by atoms with Crippen LogP contribution in [0.5, 0.6) is 0 Å². The number of Topliss-reactive ketones (excluding diaryl/α,β-unsaturated/α-hetero) is 1. The highest BCUT2D eigenvalue weighted by Gasteiger charge is 2.07. The molecule has 0 fully saturated rings. The van der Waals surface area contributed by atoms with E-state index in [9.17, 15) is 14.9 Å². The summed E-state index contributed by atoms with van der Waals surface area (Å²) in [6.45, 7) is 1.56. The van der Waals surface area contributed by atoms with Crippen LogP contribution in [0.3, 0.4) is 0 Å². The second-order valence-electron chi connectivity index (χ2n) is 5.06. The van der Waals surface area contributed by atoms with E-state index in [2.05, 4.69) is 0 Å². The highest BCUT2D eigenvalue weighted by Crippen LogP contribution is 2.17. The number of aryl methyl sites for hydroxylation is 1. The largest absolute Gasteiger partial charge is 0.295 e. The number of nitro benzene ring substituents is 1. The Hall–Kier alpha value is -2.75. The van der Waals surface area contributed by atoms with Crippen molar-refractivity contribution in [3.05, 3.63) is 81.4 Å². The second-order valence-corrected chi connectivity index (χ2v) is 5.06. The normalized spacial score (nSPS) is 11.2. The van der Waals surface area contributed by atoms with Crippen LogP contribution in [0, 0.1) is 10.1 Å². The van der Waals surface area contributed by atoms with E-state index in [0.717, 1.165) is 16.7 Å². The first-order chi connectivity index (χ1) is 10.6. The molecule has 0 heterocycles. The van der Waals surface area contributed by atoms with Crippen molar-refractivity contribution in [1.82, 2.24) is 0 Å². The molecule has 0 radical (unpaired) electrons. The Balaban J connectivity index is 2.08. The van der Waals surface area contributed by atoms with Gasteiger partial charge in [-0.1, -0.05) is 42.5 Å². The Bertz CT molecular complexity index is 688. The fourth-order valence-electron chi connectivity index (χ4n) is 2.16. The summed E-state index contributed by atoms with van der Waals surface area (Å²) < 4.78 is 0. The van der Waals surface area contributed by atoms with Gasteiger partial charge in [0.1, 0.15) is 0 Å². The Morgan fingerprint density at radius 2 is 1.73 bits per heavy atom. The molecule has 0 aliphatic carbocycles. The van der Waals surface area contributed by atoms with E-state index in [1.807, 2.05) is 36.4 Å². The highest BCUT2D eigenvalue weighted by molar-refractivity contribution is 5.97. The molecule has 0 atom stereocenters. The number of hydrogen-bond acceptors (Lipinski definition) is 3. The van der Waals surface area contributed by atoms with Gasteiger partial charge >= 0.3 is 0 Å². The third-order valence-electron chi connectivity index (χ3n) is 3.42. The van der Waals surface area contributed by atoms with E-state index in [1.54, 1.807) is 19.1 Å². The number of rotatable bonds is 6. The molecule has 0 saturated heterocycles. The fourth-order valence-corrected chi connectivity index (χ4v) is 2.16. The predicted molar refractivity (Wildman–Crippen MR) is 86.5 cm³/mol. The van der Waals surface area contributed by atoms with Gasteiger partial charge in [-0.3, -0.25) is 14.9 Å². The number of allylic oxidation sites excluding steroid dienone is 1. The van der Waals surface area contributed by atoms with Crippen LogP contribution in [0.2, 0.25) is 0 Å². The third kappa shape index (κ3) is 4.38. The van der Waals surface area contributed by atoms with Crippen molar-refractivity contribution in [3.63, 3.8) is 0 Å². The second kappa shape index (κ2) is 7.31. The van der Waals surface area contributed by atoms with E-state index in [-0.39, 0.29) is 11.5 Å². The first kappa shape index (κ1) is 15.6. The molecule has 22 heavy (non-hydrogen) atoms. The summed E-state index contributed by atoms with van der Waals surface area (Å²) in [6, 6.07) is 16.1. The first-order valence-corrected chi connectivity index (χ1v) is 7.06. The highest BCUT2D eigenvalue weighted by atomic mass is 16.6. The average Bonchev–Trinajstić information content (AvgIpc) is 2.52. The summed E-state index contributed by atoms with van der Waals surface area (Å²) >= 11 is 0. The summed E-state index contributed by atoms with van der Waals surface area (Å²) in [5.41, 5.74) is 2.81. The third-order valence-corrected chi connectivity index (χ3v) is 3.42. The fraction of sp³-hybridized carbons (Fsp3) is 0.167. The molecule has 0 saturated carbocycles. The lowest BCUT2D eigenvalue weighted by atomic mass is 9.99. The molecule has 0 N–H and O–H groups in total. The van der Waals surface area contributed by atoms with Crippen molar-refractivity contribution < 1.29 is 9.72 Å². The molecule has 0 bridgehead atoms. The van der Waals surface area contributed by atoms with Gasteiger partial charge in [0.05, 0.1) is 4.92 Å².